The van der Waals surface area contributed by atoms with Gasteiger partial charge in [0.1, 0.15) is 17.4 Å². The van der Waals surface area contributed by atoms with Gasteiger partial charge in [0, 0.05) is 35.9 Å². The Labute approximate surface area is 210 Å². The van der Waals surface area contributed by atoms with Crippen LogP contribution in [0.1, 0.15) is 37.8 Å². The molecule has 3 aromatic heterocycles. The molecule has 4 rings (SSSR count). The van der Waals surface area contributed by atoms with Gasteiger partial charge in [-0.3, -0.25) is 4.98 Å². The average molecular weight is 486 g/mol. The first-order valence-corrected chi connectivity index (χ1v) is 12.9. The summed E-state index contributed by atoms with van der Waals surface area (Å²) >= 11 is 1.55. The maximum atomic E-state index is 10.4. The molecule has 3 unspecified atom stereocenters. The van der Waals surface area contributed by atoms with Crippen molar-refractivity contribution in [3.63, 3.8) is 0 Å². The highest BCUT2D eigenvalue weighted by molar-refractivity contribution is 7.18. The Bertz CT molecular complexity index is 1300. The third-order valence-corrected chi connectivity index (χ3v) is 6.84. The van der Waals surface area contributed by atoms with Crippen molar-refractivity contribution < 1.29 is 5.11 Å². The molecule has 4 N–H and O–H groups in total. The minimum atomic E-state index is -0.667. The summed E-state index contributed by atoms with van der Waals surface area (Å²) in [6, 6.07) is 13.9. The minimum absolute atomic E-state index is 0.0683. The van der Waals surface area contributed by atoms with Gasteiger partial charge in [0.2, 0.25) is 0 Å². The van der Waals surface area contributed by atoms with E-state index in [-0.39, 0.29) is 12.0 Å². The smallest absolute Gasteiger partial charge is 0.162 e. The van der Waals surface area contributed by atoms with Crippen LogP contribution in [0, 0.1) is 17.8 Å². The SMILES string of the molecule is CCCC(C)C(O)C#Cc1csc2c(NCC(N)Cc3ccccc3)nc(-c3ccncc3)nc12. The molecule has 0 aliphatic rings. The van der Waals surface area contributed by atoms with Crippen LogP contribution in [0.25, 0.3) is 21.6 Å². The summed E-state index contributed by atoms with van der Waals surface area (Å²) in [6.45, 7) is 4.71. The van der Waals surface area contributed by atoms with Crippen molar-refractivity contribution in [1.82, 2.24) is 15.0 Å². The van der Waals surface area contributed by atoms with Gasteiger partial charge >= 0.3 is 0 Å². The lowest BCUT2D eigenvalue weighted by molar-refractivity contribution is 0.165. The zero-order chi connectivity index (χ0) is 24.6. The second kappa shape index (κ2) is 11.9. The number of rotatable bonds is 9. The Hall–Kier alpha value is -3.31. The highest BCUT2D eigenvalue weighted by atomic mass is 32.1. The van der Waals surface area contributed by atoms with Crippen molar-refractivity contribution in [3.05, 3.63) is 71.4 Å². The van der Waals surface area contributed by atoms with Crippen LogP contribution in [0.4, 0.5) is 5.82 Å². The first-order valence-electron chi connectivity index (χ1n) is 12.0. The van der Waals surface area contributed by atoms with E-state index in [9.17, 15) is 5.11 Å². The predicted molar refractivity (Wildman–Crippen MR) is 144 cm³/mol. The van der Waals surface area contributed by atoms with E-state index in [1.807, 2.05) is 42.6 Å². The Kier molecular flexibility index (Phi) is 8.43. The Balaban J connectivity index is 1.63. The fraction of sp³-hybridized carbons (Fsp3) is 0.321. The van der Waals surface area contributed by atoms with Gasteiger partial charge in [-0.15, -0.1) is 11.3 Å². The number of aliphatic hydroxyl groups is 1. The molecule has 1 aromatic carbocycles. The van der Waals surface area contributed by atoms with E-state index in [0.717, 1.165) is 46.4 Å². The summed E-state index contributed by atoms with van der Waals surface area (Å²) in [5.41, 5.74) is 10.1. The summed E-state index contributed by atoms with van der Waals surface area (Å²) in [5, 5.41) is 15.9. The van der Waals surface area contributed by atoms with Crippen LogP contribution >= 0.6 is 11.3 Å². The number of benzene rings is 1. The summed E-state index contributed by atoms with van der Waals surface area (Å²) < 4.78 is 0.926. The molecule has 3 heterocycles. The van der Waals surface area contributed by atoms with Crippen molar-refractivity contribution in [3.8, 4) is 23.2 Å². The van der Waals surface area contributed by atoms with E-state index in [1.165, 1.54) is 5.56 Å². The number of fused-ring (bicyclic) bond motifs is 1. The van der Waals surface area contributed by atoms with Crippen molar-refractivity contribution >= 4 is 27.4 Å². The number of aliphatic hydroxyl groups excluding tert-OH is 1. The predicted octanol–water partition coefficient (Wildman–Crippen LogP) is 4.88. The number of aromatic nitrogens is 3. The lowest BCUT2D eigenvalue weighted by Gasteiger charge is -2.14. The zero-order valence-corrected chi connectivity index (χ0v) is 20.9. The molecule has 0 aliphatic carbocycles. The normalized spacial score (nSPS) is 13.6. The Morgan fingerprint density at radius 1 is 1.11 bits per heavy atom. The quantitative estimate of drug-likeness (QED) is 0.292. The van der Waals surface area contributed by atoms with Gasteiger partial charge in [0.25, 0.3) is 0 Å². The van der Waals surface area contributed by atoms with E-state index in [2.05, 4.69) is 41.2 Å². The molecule has 180 valence electrons. The molecular formula is C28H31N5OS. The van der Waals surface area contributed by atoms with Crippen LogP contribution in [0.3, 0.4) is 0 Å². The fourth-order valence-corrected chi connectivity index (χ4v) is 4.78. The third kappa shape index (κ3) is 6.43. The van der Waals surface area contributed by atoms with Crippen LogP contribution in [-0.4, -0.2) is 38.7 Å². The summed E-state index contributed by atoms with van der Waals surface area (Å²) in [6.07, 6.45) is 5.52. The van der Waals surface area contributed by atoms with Gasteiger partial charge in [-0.25, -0.2) is 9.97 Å². The molecule has 0 saturated carbocycles. The number of hydrogen-bond acceptors (Lipinski definition) is 7. The minimum Gasteiger partial charge on any atom is -0.380 e. The maximum absolute atomic E-state index is 10.4. The molecule has 3 atom stereocenters. The fourth-order valence-electron chi connectivity index (χ4n) is 3.88. The standard InChI is InChI=1S/C28H31N5OS/c1-3-7-19(2)24(34)11-10-22-18-35-26-25(22)32-27(21-12-14-30-15-13-21)33-28(26)31-17-23(29)16-20-8-5-4-6-9-20/h4-6,8-9,12-15,18-19,23-24,34H,3,7,16-17,29H2,1-2H3,(H,31,32,33). The number of thiophene rings is 1. The topological polar surface area (TPSA) is 97.0 Å². The first-order chi connectivity index (χ1) is 17.0. The molecule has 0 saturated heterocycles. The second-order valence-electron chi connectivity index (χ2n) is 8.77. The lowest BCUT2D eigenvalue weighted by Crippen LogP contribution is -2.31. The summed E-state index contributed by atoms with van der Waals surface area (Å²) in [7, 11) is 0. The lowest BCUT2D eigenvalue weighted by atomic mass is 10.00. The van der Waals surface area contributed by atoms with E-state index in [4.69, 9.17) is 15.7 Å². The van der Waals surface area contributed by atoms with Gasteiger partial charge in [-0.1, -0.05) is 62.4 Å². The van der Waals surface area contributed by atoms with Crippen molar-refractivity contribution in [2.45, 2.75) is 45.3 Å². The van der Waals surface area contributed by atoms with Crippen LogP contribution in [0.15, 0.2) is 60.2 Å². The van der Waals surface area contributed by atoms with Gasteiger partial charge < -0.3 is 16.2 Å². The molecule has 0 amide bonds. The van der Waals surface area contributed by atoms with Gasteiger partial charge in [0.05, 0.1) is 10.3 Å². The largest absolute Gasteiger partial charge is 0.380 e. The summed E-state index contributed by atoms with van der Waals surface area (Å²) in [4.78, 5) is 13.8. The Morgan fingerprint density at radius 3 is 2.63 bits per heavy atom. The second-order valence-corrected chi connectivity index (χ2v) is 9.65. The van der Waals surface area contributed by atoms with Gasteiger partial charge in [-0.05, 0) is 36.5 Å². The van der Waals surface area contributed by atoms with Crippen molar-refractivity contribution in [2.24, 2.45) is 11.7 Å². The van der Waals surface area contributed by atoms with E-state index < -0.39 is 6.10 Å². The molecule has 4 aromatic rings. The van der Waals surface area contributed by atoms with Crippen LogP contribution in [0.5, 0.6) is 0 Å². The number of nitrogens with two attached hydrogens (primary N) is 1. The number of nitrogens with one attached hydrogen (secondary N) is 1. The molecule has 0 bridgehead atoms. The third-order valence-electron chi connectivity index (χ3n) is 5.86. The molecule has 6 nitrogen and oxygen atoms in total. The number of anilines is 1. The number of nitrogens with zero attached hydrogens (tertiary/aromatic N) is 3. The first kappa shape index (κ1) is 24.8. The van der Waals surface area contributed by atoms with E-state index >= 15 is 0 Å². The molecule has 0 aliphatic heterocycles. The zero-order valence-electron chi connectivity index (χ0n) is 20.1. The molecule has 0 fully saturated rings. The maximum Gasteiger partial charge on any atom is 0.162 e. The molecule has 35 heavy (non-hydrogen) atoms. The number of hydrogen-bond donors (Lipinski definition) is 3. The highest BCUT2D eigenvalue weighted by Crippen LogP contribution is 2.32. The average Bonchev–Trinajstić information content (AvgIpc) is 3.30. The van der Waals surface area contributed by atoms with Crippen LogP contribution in [-0.2, 0) is 6.42 Å². The van der Waals surface area contributed by atoms with Gasteiger partial charge in [0.15, 0.2) is 5.82 Å². The van der Waals surface area contributed by atoms with Gasteiger partial charge in [-0.2, -0.15) is 0 Å². The van der Waals surface area contributed by atoms with Crippen LogP contribution < -0.4 is 11.1 Å². The van der Waals surface area contributed by atoms with E-state index in [1.54, 1.807) is 23.7 Å². The van der Waals surface area contributed by atoms with Crippen molar-refractivity contribution in [2.75, 3.05) is 11.9 Å². The number of pyridine rings is 1. The molecule has 0 spiro atoms. The highest BCUT2D eigenvalue weighted by Gasteiger charge is 2.16. The molecule has 0 radical (unpaired) electrons. The van der Waals surface area contributed by atoms with E-state index in [0.29, 0.717) is 12.4 Å². The summed E-state index contributed by atoms with van der Waals surface area (Å²) in [5.74, 6) is 7.65. The van der Waals surface area contributed by atoms with Crippen molar-refractivity contribution in [1.29, 1.82) is 0 Å². The molecule has 7 heteroatoms. The van der Waals surface area contributed by atoms with Crippen LogP contribution in [0.2, 0.25) is 0 Å². The monoisotopic (exact) mass is 485 g/mol. The molecular weight excluding hydrogens is 454 g/mol. The Morgan fingerprint density at radius 2 is 1.89 bits per heavy atom.